The maximum atomic E-state index is 14.0. The van der Waals surface area contributed by atoms with E-state index in [1.807, 2.05) is 27.3 Å². The standard InChI is InChI=1S/C29H36F3N6O4P/c1-6-38(42-43(4)5)23-9-7-8-10-24(23)41-27-21(29(30,31)32)18-33-28(36-27)35-22-12-11-19(17-25(22)40-3)26(39)34-20-13-15-37(2)16-14-20/h7-12,17-18,20H,6,13-16H2,1-5H3,(H,34,39)(H,33,35,36). The number of amides is 1. The topological polar surface area (TPSA) is 101 Å². The maximum Gasteiger partial charge on any atom is 0.423 e. The Kier molecular flexibility index (Phi) is 10.6. The Hall–Kier alpha value is -3.67. The van der Waals surface area contributed by atoms with Crippen LogP contribution in [0.4, 0.5) is 30.5 Å². The van der Waals surface area contributed by atoms with E-state index < -0.39 is 25.8 Å². The van der Waals surface area contributed by atoms with Crippen LogP contribution < -0.4 is 25.2 Å². The molecule has 2 heterocycles. The summed E-state index contributed by atoms with van der Waals surface area (Å²) < 4.78 is 59.0. The first-order valence-electron chi connectivity index (χ1n) is 13.8. The SMILES string of the molecule is CCN(OP(C)C)c1ccccc1Oc1nc(Nc2ccc(C(=O)NC3CCN(C)CC3)cc2OC)ncc1C(F)(F)F. The zero-order chi connectivity index (χ0) is 31.1. The molecule has 1 fully saturated rings. The van der Waals surface area contributed by atoms with E-state index in [1.54, 1.807) is 47.5 Å². The quantitative estimate of drug-likeness (QED) is 0.190. The fourth-order valence-electron chi connectivity index (χ4n) is 4.50. The molecule has 0 radical (unpaired) electrons. The van der Waals surface area contributed by atoms with E-state index in [2.05, 4.69) is 25.5 Å². The van der Waals surface area contributed by atoms with Crippen molar-refractivity contribution in [1.29, 1.82) is 0 Å². The molecular formula is C29H36F3N6O4P. The Morgan fingerprint density at radius 2 is 1.86 bits per heavy atom. The molecule has 1 saturated heterocycles. The number of benzene rings is 2. The predicted octanol–water partition coefficient (Wildman–Crippen LogP) is 6.28. The largest absolute Gasteiger partial charge is 0.495 e. The van der Waals surface area contributed by atoms with Crippen molar-refractivity contribution < 1.29 is 32.1 Å². The van der Waals surface area contributed by atoms with Gasteiger partial charge in [0.15, 0.2) is 5.75 Å². The number of hydroxylamine groups is 1. The number of rotatable bonds is 11. The van der Waals surface area contributed by atoms with Gasteiger partial charge in [0.2, 0.25) is 11.8 Å². The molecule has 1 amide bonds. The highest BCUT2D eigenvalue weighted by Gasteiger charge is 2.37. The number of carbonyl (C=O) groups is 1. The second kappa shape index (κ2) is 14.2. The van der Waals surface area contributed by atoms with Crippen molar-refractivity contribution in [3.8, 4) is 17.4 Å². The molecule has 0 aliphatic carbocycles. The van der Waals surface area contributed by atoms with Crippen LogP contribution in [0.25, 0.3) is 0 Å². The number of alkyl halides is 3. The van der Waals surface area contributed by atoms with Crippen molar-refractivity contribution in [2.75, 3.05) is 57.5 Å². The number of methoxy groups -OCH3 is 1. The summed E-state index contributed by atoms with van der Waals surface area (Å²) in [5.41, 5.74) is 0.0613. The number of anilines is 3. The van der Waals surface area contributed by atoms with Crippen LogP contribution in [0.3, 0.4) is 0 Å². The third-order valence-corrected chi connectivity index (χ3v) is 7.24. The lowest BCUT2D eigenvalue weighted by Crippen LogP contribution is -2.43. The van der Waals surface area contributed by atoms with E-state index >= 15 is 0 Å². The van der Waals surface area contributed by atoms with E-state index in [1.165, 1.54) is 7.11 Å². The van der Waals surface area contributed by atoms with Gasteiger partial charge in [-0.2, -0.15) is 18.2 Å². The number of piperidine rings is 1. The molecule has 232 valence electrons. The summed E-state index contributed by atoms with van der Waals surface area (Å²) in [5.74, 6) is -0.649. The van der Waals surface area contributed by atoms with E-state index in [0.717, 1.165) is 25.9 Å². The third-order valence-electron chi connectivity index (χ3n) is 6.71. The van der Waals surface area contributed by atoms with Crippen LogP contribution in [0.2, 0.25) is 0 Å². The molecule has 0 unspecified atom stereocenters. The first kappa shape index (κ1) is 32.2. The lowest BCUT2D eigenvalue weighted by atomic mass is 10.0. The summed E-state index contributed by atoms with van der Waals surface area (Å²) in [5, 5.41) is 7.52. The Balaban J connectivity index is 1.59. The minimum atomic E-state index is -4.77. The molecular weight excluding hydrogens is 584 g/mol. The third kappa shape index (κ3) is 8.46. The Labute approximate surface area is 250 Å². The Morgan fingerprint density at radius 3 is 2.51 bits per heavy atom. The highest BCUT2D eigenvalue weighted by Crippen LogP contribution is 2.41. The van der Waals surface area contributed by atoms with Crippen LogP contribution in [0, 0.1) is 0 Å². The molecule has 10 nitrogen and oxygen atoms in total. The molecule has 2 aromatic carbocycles. The summed E-state index contributed by atoms with van der Waals surface area (Å²) in [6.45, 7) is 7.94. The number of carbonyl (C=O) groups excluding carboxylic acids is 1. The molecule has 0 atom stereocenters. The van der Waals surface area contributed by atoms with Crippen molar-refractivity contribution >= 4 is 31.4 Å². The summed E-state index contributed by atoms with van der Waals surface area (Å²) >= 11 is 0. The first-order valence-corrected chi connectivity index (χ1v) is 15.9. The molecule has 1 aliphatic rings. The maximum absolute atomic E-state index is 14.0. The van der Waals surface area contributed by atoms with E-state index in [4.69, 9.17) is 14.1 Å². The average molecular weight is 621 g/mol. The van der Waals surface area contributed by atoms with Crippen LogP contribution in [0.5, 0.6) is 17.4 Å². The number of nitrogens with zero attached hydrogens (tertiary/aromatic N) is 4. The van der Waals surface area contributed by atoms with Gasteiger partial charge in [0, 0.05) is 24.3 Å². The minimum Gasteiger partial charge on any atom is -0.495 e. The number of likely N-dealkylation sites (tertiary alicyclic amines) is 1. The van der Waals surface area contributed by atoms with Gasteiger partial charge in [-0.3, -0.25) is 9.42 Å². The number of nitrogens with one attached hydrogen (secondary N) is 2. The van der Waals surface area contributed by atoms with Crippen molar-refractivity contribution in [3.63, 3.8) is 0 Å². The fourth-order valence-corrected chi connectivity index (χ4v) is 5.10. The van der Waals surface area contributed by atoms with E-state index in [-0.39, 0.29) is 23.6 Å². The number of hydrogen-bond donors (Lipinski definition) is 2. The second-order valence-electron chi connectivity index (χ2n) is 10.2. The molecule has 1 aliphatic heterocycles. The van der Waals surface area contributed by atoms with E-state index in [0.29, 0.717) is 35.4 Å². The monoisotopic (exact) mass is 620 g/mol. The van der Waals surface area contributed by atoms with Crippen LogP contribution >= 0.6 is 8.15 Å². The van der Waals surface area contributed by atoms with Crippen molar-refractivity contribution in [2.45, 2.75) is 32.0 Å². The number of aromatic nitrogens is 2. The highest BCUT2D eigenvalue weighted by molar-refractivity contribution is 7.50. The predicted molar refractivity (Wildman–Crippen MR) is 161 cm³/mol. The van der Waals surface area contributed by atoms with Crippen molar-refractivity contribution in [1.82, 2.24) is 20.2 Å². The lowest BCUT2D eigenvalue weighted by molar-refractivity contribution is -0.139. The second-order valence-corrected chi connectivity index (χ2v) is 11.9. The van der Waals surface area contributed by atoms with Gasteiger partial charge in [-0.1, -0.05) is 12.1 Å². The zero-order valence-electron chi connectivity index (χ0n) is 24.7. The Morgan fingerprint density at radius 1 is 1.14 bits per heavy atom. The number of ether oxygens (including phenoxy) is 2. The van der Waals surface area contributed by atoms with Crippen molar-refractivity contribution in [2.24, 2.45) is 0 Å². The van der Waals surface area contributed by atoms with Crippen molar-refractivity contribution in [3.05, 3.63) is 59.8 Å². The molecule has 0 spiro atoms. The van der Waals surface area contributed by atoms with Crippen LogP contribution in [0.15, 0.2) is 48.7 Å². The molecule has 1 aromatic heterocycles. The first-order chi connectivity index (χ1) is 20.5. The molecule has 4 rings (SSSR count). The summed E-state index contributed by atoms with van der Waals surface area (Å²) in [7, 11) is 2.68. The summed E-state index contributed by atoms with van der Waals surface area (Å²) in [6, 6.07) is 11.5. The van der Waals surface area contributed by atoms with Gasteiger partial charge in [-0.25, -0.2) is 10.0 Å². The van der Waals surface area contributed by atoms with Crippen LogP contribution in [-0.4, -0.2) is 73.9 Å². The van der Waals surface area contributed by atoms with Gasteiger partial charge < -0.3 is 25.0 Å². The van der Waals surface area contributed by atoms with Gasteiger partial charge in [0.25, 0.3) is 5.91 Å². The number of hydrogen-bond acceptors (Lipinski definition) is 9. The Bertz CT molecular complexity index is 1400. The lowest BCUT2D eigenvalue weighted by Gasteiger charge is -2.29. The van der Waals surface area contributed by atoms with Gasteiger partial charge in [-0.05, 0) is 83.6 Å². The smallest absolute Gasteiger partial charge is 0.423 e. The molecule has 43 heavy (non-hydrogen) atoms. The summed E-state index contributed by atoms with van der Waals surface area (Å²) in [6.07, 6.45) is -2.39. The minimum absolute atomic E-state index is 0.0823. The van der Waals surface area contributed by atoms with Crippen LogP contribution in [-0.2, 0) is 10.8 Å². The van der Waals surface area contributed by atoms with Crippen LogP contribution in [0.1, 0.15) is 35.7 Å². The number of para-hydroxylation sites is 2. The molecule has 2 N–H and O–H groups in total. The van der Waals surface area contributed by atoms with Gasteiger partial charge in [0.05, 0.1) is 20.9 Å². The van der Waals surface area contributed by atoms with Gasteiger partial charge >= 0.3 is 6.18 Å². The molecule has 3 aromatic rings. The zero-order valence-corrected chi connectivity index (χ0v) is 25.6. The summed E-state index contributed by atoms with van der Waals surface area (Å²) in [4.78, 5) is 23.0. The van der Waals surface area contributed by atoms with Gasteiger partial charge in [0.1, 0.15) is 17.0 Å². The molecule has 0 bridgehead atoms. The van der Waals surface area contributed by atoms with Gasteiger partial charge in [-0.15, -0.1) is 0 Å². The highest BCUT2D eigenvalue weighted by atomic mass is 31.1. The normalized spacial score (nSPS) is 14.4. The average Bonchev–Trinajstić information content (AvgIpc) is 2.97. The number of halogens is 3. The van der Waals surface area contributed by atoms with E-state index in [9.17, 15) is 18.0 Å². The fraction of sp³-hybridized carbons (Fsp3) is 0.414. The molecule has 14 heteroatoms. The molecule has 0 saturated carbocycles.